The van der Waals surface area contributed by atoms with Gasteiger partial charge < -0.3 is 5.32 Å². The van der Waals surface area contributed by atoms with Crippen LogP contribution in [0.1, 0.15) is 0 Å². The van der Waals surface area contributed by atoms with Crippen LogP contribution in [0.4, 0.5) is 15.9 Å². The lowest BCUT2D eigenvalue weighted by atomic mass is 10.3. The van der Waals surface area contributed by atoms with E-state index in [0.29, 0.717) is 27.6 Å². The van der Waals surface area contributed by atoms with Crippen molar-refractivity contribution in [1.82, 2.24) is 19.7 Å². The highest BCUT2D eigenvalue weighted by Crippen LogP contribution is 2.26. The van der Waals surface area contributed by atoms with Crippen LogP contribution in [0.15, 0.2) is 61.1 Å². The molecular weight excluding hydrogens is 329 g/mol. The van der Waals surface area contributed by atoms with Gasteiger partial charge in [-0.2, -0.15) is 5.10 Å². The number of para-hydroxylation sites is 1. The zero-order valence-corrected chi connectivity index (χ0v) is 13.1. The SMILES string of the molecule is Fc1ccccc1-n1ncc2c(Nc3cccc(Cl)c3)ncnc21. The number of anilines is 2. The van der Waals surface area contributed by atoms with Gasteiger partial charge in [-0.05, 0) is 30.3 Å². The van der Waals surface area contributed by atoms with Gasteiger partial charge in [-0.15, -0.1) is 0 Å². The third kappa shape index (κ3) is 2.57. The van der Waals surface area contributed by atoms with Gasteiger partial charge in [0.2, 0.25) is 0 Å². The lowest BCUT2D eigenvalue weighted by Gasteiger charge is -2.07. The molecule has 0 aliphatic carbocycles. The molecule has 0 unspecified atom stereocenters. The third-order valence-electron chi connectivity index (χ3n) is 3.53. The standard InChI is InChI=1S/C17H11ClFN5/c18-11-4-3-5-12(8-11)23-16-13-9-22-24(17(13)21-10-20-16)15-7-2-1-6-14(15)19/h1-10H,(H,20,21,23). The van der Waals surface area contributed by atoms with Crippen LogP contribution >= 0.6 is 11.6 Å². The number of aromatic nitrogens is 4. The van der Waals surface area contributed by atoms with E-state index in [9.17, 15) is 4.39 Å². The summed E-state index contributed by atoms with van der Waals surface area (Å²) in [6.07, 6.45) is 3.02. The molecule has 0 aliphatic rings. The highest BCUT2D eigenvalue weighted by molar-refractivity contribution is 6.30. The Kier molecular flexibility index (Phi) is 3.59. The van der Waals surface area contributed by atoms with Crippen molar-refractivity contribution in [2.45, 2.75) is 0 Å². The number of halogens is 2. The Morgan fingerprint density at radius 1 is 1.04 bits per heavy atom. The number of nitrogens with one attached hydrogen (secondary N) is 1. The summed E-state index contributed by atoms with van der Waals surface area (Å²) in [7, 11) is 0. The molecule has 2 heterocycles. The van der Waals surface area contributed by atoms with Crippen LogP contribution in [-0.2, 0) is 0 Å². The molecule has 4 aromatic rings. The van der Waals surface area contributed by atoms with Gasteiger partial charge >= 0.3 is 0 Å². The van der Waals surface area contributed by atoms with Crippen LogP contribution in [0.5, 0.6) is 0 Å². The molecular formula is C17H11ClFN5. The van der Waals surface area contributed by atoms with E-state index in [0.717, 1.165) is 5.69 Å². The molecule has 4 rings (SSSR count). The topological polar surface area (TPSA) is 55.6 Å². The Morgan fingerprint density at radius 3 is 2.75 bits per heavy atom. The quantitative estimate of drug-likeness (QED) is 0.603. The largest absolute Gasteiger partial charge is 0.339 e. The second-order valence-electron chi connectivity index (χ2n) is 5.10. The van der Waals surface area contributed by atoms with Gasteiger partial charge in [-0.1, -0.05) is 29.8 Å². The maximum atomic E-state index is 14.0. The smallest absolute Gasteiger partial charge is 0.168 e. The Bertz CT molecular complexity index is 1030. The van der Waals surface area contributed by atoms with Gasteiger partial charge in [-0.3, -0.25) is 0 Å². The van der Waals surface area contributed by atoms with Gasteiger partial charge in [-0.25, -0.2) is 19.0 Å². The molecule has 5 nitrogen and oxygen atoms in total. The highest BCUT2D eigenvalue weighted by Gasteiger charge is 2.13. The van der Waals surface area contributed by atoms with E-state index in [-0.39, 0.29) is 5.82 Å². The molecule has 0 fully saturated rings. The third-order valence-corrected chi connectivity index (χ3v) is 3.77. The number of fused-ring (bicyclic) bond motifs is 1. The minimum atomic E-state index is -0.370. The average molecular weight is 340 g/mol. The molecule has 0 spiro atoms. The molecule has 24 heavy (non-hydrogen) atoms. The summed E-state index contributed by atoms with van der Waals surface area (Å²) >= 11 is 6.00. The molecule has 0 saturated heterocycles. The molecule has 2 aromatic heterocycles. The van der Waals surface area contributed by atoms with Crippen LogP contribution in [-0.4, -0.2) is 19.7 Å². The first-order valence-corrected chi connectivity index (χ1v) is 7.56. The van der Waals surface area contributed by atoms with E-state index < -0.39 is 0 Å². The molecule has 0 amide bonds. The molecule has 1 N–H and O–H groups in total. The van der Waals surface area contributed by atoms with Crippen molar-refractivity contribution < 1.29 is 4.39 Å². The molecule has 0 radical (unpaired) electrons. The normalized spacial score (nSPS) is 10.9. The van der Waals surface area contributed by atoms with E-state index in [4.69, 9.17) is 11.6 Å². The Hall–Kier alpha value is -2.99. The van der Waals surface area contributed by atoms with E-state index in [2.05, 4.69) is 20.4 Å². The maximum Gasteiger partial charge on any atom is 0.168 e. The Morgan fingerprint density at radius 2 is 1.92 bits per heavy atom. The molecule has 0 atom stereocenters. The number of hydrogen-bond acceptors (Lipinski definition) is 4. The molecule has 0 aliphatic heterocycles. The van der Waals surface area contributed by atoms with Crippen molar-refractivity contribution in [2.24, 2.45) is 0 Å². The summed E-state index contributed by atoms with van der Waals surface area (Å²) in [5, 5.41) is 8.74. The van der Waals surface area contributed by atoms with E-state index >= 15 is 0 Å². The summed E-state index contributed by atoms with van der Waals surface area (Å²) in [4.78, 5) is 8.48. The van der Waals surface area contributed by atoms with Crippen LogP contribution in [0.25, 0.3) is 16.7 Å². The molecule has 2 aromatic carbocycles. The fourth-order valence-electron chi connectivity index (χ4n) is 2.45. The van der Waals surface area contributed by atoms with Gasteiger partial charge in [0.1, 0.15) is 23.6 Å². The number of nitrogens with zero attached hydrogens (tertiary/aromatic N) is 4. The van der Waals surface area contributed by atoms with E-state index in [1.54, 1.807) is 36.5 Å². The van der Waals surface area contributed by atoms with Gasteiger partial charge in [0, 0.05) is 10.7 Å². The fourth-order valence-corrected chi connectivity index (χ4v) is 2.64. The summed E-state index contributed by atoms with van der Waals surface area (Å²) < 4.78 is 15.5. The Balaban J connectivity index is 1.81. The molecule has 0 bridgehead atoms. The van der Waals surface area contributed by atoms with Crippen molar-refractivity contribution in [1.29, 1.82) is 0 Å². The predicted molar refractivity (Wildman–Crippen MR) is 91.4 cm³/mol. The molecule has 7 heteroatoms. The van der Waals surface area contributed by atoms with Crippen LogP contribution in [0, 0.1) is 5.82 Å². The first-order chi connectivity index (χ1) is 11.7. The van der Waals surface area contributed by atoms with Crippen molar-refractivity contribution in [2.75, 3.05) is 5.32 Å². The van der Waals surface area contributed by atoms with Gasteiger partial charge in [0.15, 0.2) is 5.65 Å². The predicted octanol–water partition coefficient (Wildman–Crippen LogP) is 4.35. The van der Waals surface area contributed by atoms with Gasteiger partial charge in [0.05, 0.1) is 11.6 Å². The summed E-state index contributed by atoms with van der Waals surface area (Å²) in [6, 6.07) is 13.7. The minimum Gasteiger partial charge on any atom is -0.339 e. The molecule has 118 valence electrons. The molecule has 0 saturated carbocycles. The second kappa shape index (κ2) is 5.90. The van der Waals surface area contributed by atoms with Crippen molar-refractivity contribution in [3.63, 3.8) is 0 Å². The summed E-state index contributed by atoms with van der Waals surface area (Å²) in [5.74, 6) is 0.204. The zero-order chi connectivity index (χ0) is 16.5. The van der Waals surface area contributed by atoms with Crippen LogP contribution in [0.2, 0.25) is 5.02 Å². The van der Waals surface area contributed by atoms with E-state index in [1.165, 1.54) is 17.1 Å². The minimum absolute atomic E-state index is 0.333. The van der Waals surface area contributed by atoms with Crippen LogP contribution < -0.4 is 5.32 Å². The number of rotatable bonds is 3. The summed E-state index contributed by atoms with van der Waals surface area (Å²) in [6.45, 7) is 0. The van der Waals surface area contributed by atoms with Crippen molar-refractivity contribution in [3.05, 3.63) is 71.9 Å². The van der Waals surface area contributed by atoms with Crippen molar-refractivity contribution >= 4 is 34.1 Å². The van der Waals surface area contributed by atoms with Crippen molar-refractivity contribution in [3.8, 4) is 5.69 Å². The fraction of sp³-hybridized carbons (Fsp3) is 0. The number of benzene rings is 2. The lowest BCUT2D eigenvalue weighted by molar-refractivity contribution is 0.612. The lowest BCUT2D eigenvalue weighted by Crippen LogP contribution is -2.01. The first-order valence-electron chi connectivity index (χ1n) is 7.18. The summed E-state index contributed by atoms with van der Waals surface area (Å²) in [5.41, 5.74) is 1.64. The first kappa shape index (κ1) is 14.6. The van der Waals surface area contributed by atoms with Crippen LogP contribution in [0.3, 0.4) is 0 Å². The maximum absolute atomic E-state index is 14.0. The Labute approximate surface area is 141 Å². The monoisotopic (exact) mass is 339 g/mol. The number of hydrogen-bond donors (Lipinski definition) is 1. The highest BCUT2D eigenvalue weighted by atomic mass is 35.5. The van der Waals surface area contributed by atoms with Gasteiger partial charge in [0.25, 0.3) is 0 Å². The van der Waals surface area contributed by atoms with E-state index in [1.807, 2.05) is 12.1 Å². The second-order valence-corrected chi connectivity index (χ2v) is 5.54. The average Bonchev–Trinajstić information content (AvgIpc) is 3.00. The zero-order valence-electron chi connectivity index (χ0n) is 12.3.